The number of alkyl halides is 1. The van der Waals surface area contributed by atoms with E-state index in [1.807, 2.05) is 0 Å². The summed E-state index contributed by atoms with van der Waals surface area (Å²) in [6.45, 7) is 0. The topological polar surface area (TPSA) is 73.4 Å². The molecule has 0 saturated heterocycles. The fraction of sp³-hybridized carbons (Fsp3) is 0.0435. The summed E-state index contributed by atoms with van der Waals surface area (Å²) in [5.41, 5.74) is 2.08. The molecule has 4 aromatic rings. The number of aromatic amines is 1. The standard InChI is InChI=1S/C23H16Cl2N2O3/c24-13-14-5-4-8-16(11-14)23(29)27(30)21-18-10-9-17(25)12-19(18)26-20(21)22(28)15-6-2-1-3-7-15/h1-12,26,30H,13H2. The third-order valence-electron chi connectivity index (χ3n) is 4.73. The first-order chi connectivity index (χ1) is 14.5. The molecule has 4 rings (SSSR count). The van der Waals surface area contributed by atoms with Crippen molar-refractivity contribution in [3.63, 3.8) is 0 Å². The zero-order chi connectivity index (χ0) is 21.3. The van der Waals surface area contributed by atoms with Crippen LogP contribution >= 0.6 is 23.2 Å². The van der Waals surface area contributed by atoms with Crippen molar-refractivity contribution in [3.05, 3.63) is 100 Å². The molecule has 7 heteroatoms. The SMILES string of the molecule is O=C(c1ccccc1)c1[nH]c2cc(Cl)ccc2c1N(O)C(=O)c1cccc(CCl)c1. The van der Waals surface area contributed by atoms with Crippen LogP contribution in [0.1, 0.15) is 32.0 Å². The lowest BCUT2D eigenvalue weighted by Gasteiger charge is -2.16. The lowest BCUT2D eigenvalue weighted by atomic mass is 10.1. The molecule has 1 heterocycles. The minimum Gasteiger partial charge on any atom is -0.350 e. The molecule has 3 aromatic carbocycles. The molecule has 0 radical (unpaired) electrons. The Kier molecular flexibility index (Phi) is 5.59. The number of nitrogens with zero attached hydrogens (tertiary/aromatic N) is 1. The molecule has 0 atom stereocenters. The van der Waals surface area contributed by atoms with Gasteiger partial charge in [-0.3, -0.25) is 14.8 Å². The number of carbonyl (C=O) groups is 2. The fourth-order valence-electron chi connectivity index (χ4n) is 3.28. The van der Waals surface area contributed by atoms with Crippen molar-refractivity contribution in [1.29, 1.82) is 0 Å². The van der Waals surface area contributed by atoms with Gasteiger partial charge in [0, 0.05) is 32.9 Å². The van der Waals surface area contributed by atoms with Crippen LogP contribution in [0.15, 0.2) is 72.8 Å². The van der Waals surface area contributed by atoms with E-state index in [1.54, 1.807) is 72.8 Å². The molecule has 2 N–H and O–H groups in total. The Bertz CT molecular complexity index is 1250. The van der Waals surface area contributed by atoms with E-state index < -0.39 is 5.91 Å². The normalized spacial score (nSPS) is 10.9. The molecule has 0 saturated carbocycles. The van der Waals surface area contributed by atoms with E-state index in [4.69, 9.17) is 23.2 Å². The Morgan fingerprint density at radius 2 is 1.67 bits per heavy atom. The van der Waals surface area contributed by atoms with E-state index in [2.05, 4.69) is 4.98 Å². The molecule has 1 aromatic heterocycles. The number of hydrogen-bond donors (Lipinski definition) is 2. The van der Waals surface area contributed by atoms with E-state index in [-0.39, 0.29) is 28.6 Å². The maximum atomic E-state index is 13.2. The number of fused-ring (bicyclic) bond motifs is 1. The zero-order valence-electron chi connectivity index (χ0n) is 15.6. The average molecular weight is 439 g/mol. The quantitative estimate of drug-likeness (QED) is 0.178. The first-order valence-corrected chi connectivity index (χ1v) is 10.00. The van der Waals surface area contributed by atoms with Gasteiger partial charge in [-0.25, -0.2) is 0 Å². The van der Waals surface area contributed by atoms with E-state index in [0.717, 1.165) is 5.56 Å². The van der Waals surface area contributed by atoms with E-state index in [9.17, 15) is 14.8 Å². The molecular weight excluding hydrogens is 423 g/mol. The summed E-state index contributed by atoms with van der Waals surface area (Å²) in [5.74, 6) is -0.810. The highest BCUT2D eigenvalue weighted by molar-refractivity contribution is 6.31. The summed E-state index contributed by atoms with van der Waals surface area (Å²) in [6.07, 6.45) is 0. The largest absolute Gasteiger partial charge is 0.350 e. The Labute approximate surface area is 182 Å². The van der Waals surface area contributed by atoms with Gasteiger partial charge in [-0.2, -0.15) is 5.06 Å². The van der Waals surface area contributed by atoms with Gasteiger partial charge in [0.15, 0.2) is 0 Å². The highest BCUT2D eigenvalue weighted by atomic mass is 35.5. The molecule has 5 nitrogen and oxygen atoms in total. The molecule has 0 bridgehead atoms. The molecule has 150 valence electrons. The number of carbonyl (C=O) groups excluding carboxylic acids is 2. The molecule has 1 amide bonds. The number of anilines is 1. The van der Waals surface area contributed by atoms with Crippen LogP contribution in [-0.2, 0) is 5.88 Å². The maximum absolute atomic E-state index is 13.2. The van der Waals surface area contributed by atoms with Crippen LogP contribution in [0.2, 0.25) is 5.02 Å². The second kappa shape index (κ2) is 8.32. The number of nitrogens with one attached hydrogen (secondary N) is 1. The number of halogens is 2. The van der Waals surface area contributed by atoms with Gasteiger partial charge in [0.2, 0.25) is 5.78 Å². The van der Waals surface area contributed by atoms with Crippen molar-refractivity contribution in [2.45, 2.75) is 5.88 Å². The zero-order valence-corrected chi connectivity index (χ0v) is 17.1. The minimum atomic E-state index is -0.681. The van der Waals surface area contributed by atoms with Crippen molar-refractivity contribution >= 4 is 51.5 Å². The number of amides is 1. The Morgan fingerprint density at radius 1 is 0.933 bits per heavy atom. The van der Waals surface area contributed by atoms with Crippen molar-refractivity contribution in [1.82, 2.24) is 4.98 Å². The third-order valence-corrected chi connectivity index (χ3v) is 5.27. The smallest absolute Gasteiger partial charge is 0.282 e. The lowest BCUT2D eigenvalue weighted by molar-refractivity contribution is 0.0854. The number of H-pyrrole nitrogens is 1. The van der Waals surface area contributed by atoms with Crippen LogP contribution < -0.4 is 5.06 Å². The number of ketones is 1. The van der Waals surface area contributed by atoms with Crippen LogP contribution in [0.3, 0.4) is 0 Å². The summed E-state index contributed by atoms with van der Waals surface area (Å²) in [6, 6.07) is 20.2. The molecule has 0 fully saturated rings. The summed E-state index contributed by atoms with van der Waals surface area (Å²) >= 11 is 11.9. The molecular formula is C23H16Cl2N2O3. The van der Waals surface area contributed by atoms with Gasteiger partial charge < -0.3 is 4.98 Å². The van der Waals surface area contributed by atoms with Gasteiger partial charge >= 0.3 is 0 Å². The second-order valence-electron chi connectivity index (χ2n) is 6.68. The van der Waals surface area contributed by atoms with Gasteiger partial charge in [-0.05, 0) is 35.9 Å². The molecule has 0 spiro atoms. The van der Waals surface area contributed by atoms with Gasteiger partial charge in [-0.15, -0.1) is 11.6 Å². The van der Waals surface area contributed by atoms with Crippen LogP contribution in [-0.4, -0.2) is 21.9 Å². The number of aromatic nitrogens is 1. The molecule has 0 aliphatic carbocycles. The van der Waals surface area contributed by atoms with Crippen molar-refractivity contribution < 1.29 is 14.8 Å². The van der Waals surface area contributed by atoms with Gasteiger partial charge in [0.25, 0.3) is 5.91 Å². The number of hydrogen-bond acceptors (Lipinski definition) is 3. The van der Waals surface area contributed by atoms with Crippen molar-refractivity contribution in [2.75, 3.05) is 5.06 Å². The van der Waals surface area contributed by atoms with Gasteiger partial charge in [-0.1, -0.05) is 54.1 Å². The molecule has 0 aliphatic heterocycles. The molecule has 0 unspecified atom stereocenters. The van der Waals surface area contributed by atoms with Gasteiger partial charge in [0.1, 0.15) is 11.4 Å². The van der Waals surface area contributed by atoms with Crippen molar-refractivity contribution in [2.24, 2.45) is 0 Å². The Morgan fingerprint density at radius 3 is 2.40 bits per heavy atom. The second-order valence-corrected chi connectivity index (χ2v) is 7.39. The van der Waals surface area contributed by atoms with Crippen LogP contribution in [0, 0.1) is 0 Å². The summed E-state index contributed by atoms with van der Waals surface area (Å²) in [5, 5.41) is 12.3. The highest BCUT2D eigenvalue weighted by Crippen LogP contribution is 2.34. The molecule has 0 aliphatic rings. The summed E-state index contributed by atoms with van der Waals surface area (Å²) in [4.78, 5) is 29.2. The average Bonchev–Trinajstić information content (AvgIpc) is 3.16. The Balaban J connectivity index is 1.85. The van der Waals surface area contributed by atoms with E-state index in [1.165, 1.54) is 0 Å². The first kappa shape index (κ1) is 20.2. The molecule has 30 heavy (non-hydrogen) atoms. The maximum Gasteiger partial charge on any atom is 0.282 e. The van der Waals surface area contributed by atoms with E-state index >= 15 is 0 Å². The van der Waals surface area contributed by atoms with Gasteiger partial charge in [0.05, 0.1) is 0 Å². The number of rotatable bonds is 5. The monoisotopic (exact) mass is 438 g/mol. The van der Waals surface area contributed by atoms with Crippen LogP contribution in [0.5, 0.6) is 0 Å². The fourth-order valence-corrected chi connectivity index (χ4v) is 3.62. The number of hydroxylamine groups is 1. The number of benzene rings is 3. The van der Waals surface area contributed by atoms with E-state index in [0.29, 0.717) is 26.6 Å². The lowest BCUT2D eigenvalue weighted by Crippen LogP contribution is -2.28. The summed E-state index contributed by atoms with van der Waals surface area (Å²) in [7, 11) is 0. The van der Waals surface area contributed by atoms with Crippen LogP contribution in [0.4, 0.5) is 5.69 Å². The predicted octanol–water partition coefficient (Wildman–Crippen LogP) is 5.83. The predicted molar refractivity (Wildman–Crippen MR) is 118 cm³/mol. The first-order valence-electron chi connectivity index (χ1n) is 9.09. The third kappa shape index (κ3) is 3.71. The summed E-state index contributed by atoms with van der Waals surface area (Å²) < 4.78 is 0. The minimum absolute atomic E-state index is 0.0665. The van der Waals surface area contributed by atoms with Crippen molar-refractivity contribution in [3.8, 4) is 0 Å². The Hall–Kier alpha value is -3.12. The van der Waals surface area contributed by atoms with Crippen LogP contribution in [0.25, 0.3) is 10.9 Å². The highest BCUT2D eigenvalue weighted by Gasteiger charge is 2.27.